The molecular formula is C18H20N6O2S. The van der Waals surface area contributed by atoms with E-state index in [1.54, 1.807) is 18.0 Å². The van der Waals surface area contributed by atoms with Crippen molar-refractivity contribution >= 4 is 22.4 Å². The van der Waals surface area contributed by atoms with Gasteiger partial charge in [-0.15, -0.1) is 16.4 Å². The lowest BCUT2D eigenvalue weighted by atomic mass is 10.1. The molecule has 0 spiro atoms. The van der Waals surface area contributed by atoms with E-state index in [1.165, 1.54) is 11.3 Å². The summed E-state index contributed by atoms with van der Waals surface area (Å²) in [5, 5.41) is 16.7. The number of nitrogens with one attached hydrogen (secondary N) is 2. The molecule has 0 unspecified atom stereocenters. The fraction of sp³-hybridized carbons (Fsp3) is 0.333. The molecule has 140 valence electrons. The fourth-order valence-corrected chi connectivity index (χ4v) is 3.81. The average molecular weight is 384 g/mol. The topological polar surface area (TPSA) is 94.0 Å². The maximum absolute atomic E-state index is 12.5. The van der Waals surface area contributed by atoms with E-state index in [4.69, 9.17) is 4.74 Å². The van der Waals surface area contributed by atoms with Crippen LogP contribution in [-0.4, -0.2) is 46.1 Å². The van der Waals surface area contributed by atoms with E-state index < -0.39 is 0 Å². The van der Waals surface area contributed by atoms with Crippen molar-refractivity contribution in [1.82, 2.24) is 25.3 Å². The van der Waals surface area contributed by atoms with Crippen LogP contribution < -0.4 is 15.4 Å². The number of piperidine rings is 1. The molecule has 0 radical (unpaired) electrons. The first-order chi connectivity index (χ1) is 13.2. The Morgan fingerprint density at radius 1 is 1.33 bits per heavy atom. The van der Waals surface area contributed by atoms with Crippen LogP contribution in [0.1, 0.15) is 29.4 Å². The third-order valence-electron chi connectivity index (χ3n) is 4.53. The monoisotopic (exact) mass is 384 g/mol. The van der Waals surface area contributed by atoms with E-state index in [0.717, 1.165) is 42.9 Å². The molecule has 1 saturated heterocycles. The van der Waals surface area contributed by atoms with Gasteiger partial charge in [0.15, 0.2) is 10.8 Å². The highest BCUT2D eigenvalue weighted by molar-refractivity contribution is 7.14. The summed E-state index contributed by atoms with van der Waals surface area (Å²) in [6.07, 6.45) is 3.68. The minimum Gasteiger partial charge on any atom is -0.496 e. The van der Waals surface area contributed by atoms with Gasteiger partial charge in [0.25, 0.3) is 5.91 Å². The van der Waals surface area contributed by atoms with Gasteiger partial charge in [0.1, 0.15) is 5.75 Å². The number of hydrogen-bond donors (Lipinski definition) is 2. The molecule has 3 heterocycles. The van der Waals surface area contributed by atoms with Crippen molar-refractivity contribution < 1.29 is 9.53 Å². The van der Waals surface area contributed by atoms with Crippen molar-refractivity contribution in [2.45, 2.75) is 18.9 Å². The third-order valence-corrected chi connectivity index (χ3v) is 5.29. The Labute approximate surface area is 160 Å². The van der Waals surface area contributed by atoms with Gasteiger partial charge in [0.2, 0.25) is 0 Å². The molecule has 0 saturated carbocycles. The molecular weight excluding hydrogens is 364 g/mol. The van der Waals surface area contributed by atoms with Crippen molar-refractivity contribution in [2.75, 3.05) is 25.5 Å². The number of hydrogen-bond acceptors (Lipinski definition) is 7. The van der Waals surface area contributed by atoms with E-state index in [2.05, 4.69) is 25.9 Å². The molecule has 8 nitrogen and oxygen atoms in total. The molecule has 0 bridgehead atoms. The zero-order valence-corrected chi connectivity index (χ0v) is 15.7. The summed E-state index contributed by atoms with van der Waals surface area (Å²) in [7, 11) is 1.62. The lowest BCUT2D eigenvalue weighted by Crippen LogP contribution is -2.29. The first-order valence-corrected chi connectivity index (χ1v) is 9.65. The van der Waals surface area contributed by atoms with Crippen LogP contribution in [0.3, 0.4) is 0 Å². The highest BCUT2D eigenvalue weighted by Gasteiger charge is 2.19. The van der Waals surface area contributed by atoms with Gasteiger partial charge < -0.3 is 10.1 Å². The molecule has 2 aromatic heterocycles. The summed E-state index contributed by atoms with van der Waals surface area (Å²) in [5.41, 5.74) is 1.93. The minimum absolute atomic E-state index is 0.289. The van der Waals surface area contributed by atoms with E-state index in [1.807, 2.05) is 29.6 Å². The Morgan fingerprint density at radius 2 is 2.15 bits per heavy atom. The molecule has 1 amide bonds. The summed E-state index contributed by atoms with van der Waals surface area (Å²) >= 11 is 1.36. The number of aromatic nitrogens is 4. The van der Waals surface area contributed by atoms with Crippen LogP contribution in [0.15, 0.2) is 35.8 Å². The first kappa shape index (κ1) is 17.6. The molecule has 0 aliphatic carbocycles. The molecule has 27 heavy (non-hydrogen) atoms. The highest BCUT2D eigenvalue weighted by atomic mass is 32.1. The second kappa shape index (κ2) is 7.85. The number of carbonyl (C=O) groups is 1. The Hall–Kier alpha value is -2.78. The second-order valence-corrected chi connectivity index (χ2v) is 7.12. The van der Waals surface area contributed by atoms with Crippen LogP contribution in [-0.2, 0) is 0 Å². The number of rotatable bonds is 5. The van der Waals surface area contributed by atoms with Gasteiger partial charge in [-0.2, -0.15) is 0 Å². The molecule has 1 aromatic carbocycles. The summed E-state index contributed by atoms with van der Waals surface area (Å²) < 4.78 is 7.16. The van der Waals surface area contributed by atoms with Crippen molar-refractivity contribution in [1.29, 1.82) is 0 Å². The maximum Gasteiger partial charge on any atom is 0.279 e. The van der Waals surface area contributed by atoms with E-state index in [9.17, 15) is 4.79 Å². The van der Waals surface area contributed by atoms with Crippen molar-refractivity contribution in [3.8, 4) is 17.0 Å². The van der Waals surface area contributed by atoms with E-state index in [-0.39, 0.29) is 11.9 Å². The van der Waals surface area contributed by atoms with Crippen LogP contribution in [0, 0.1) is 0 Å². The van der Waals surface area contributed by atoms with Crippen molar-refractivity contribution in [3.05, 3.63) is 41.5 Å². The van der Waals surface area contributed by atoms with Crippen LogP contribution in [0.2, 0.25) is 0 Å². The SMILES string of the molecule is COc1ccccc1-c1csc(NC(=O)c2cn(C3CCNCC3)nn2)n1. The molecule has 1 aliphatic rings. The van der Waals surface area contributed by atoms with Gasteiger partial charge in [0, 0.05) is 10.9 Å². The number of thiazole rings is 1. The number of anilines is 1. The van der Waals surface area contributed by atoms with Crippen molar-refractivity contribution in [3.63, 3.8) is 0 Å². The summed E-state index contributed by atoms with van der Waals surface area (Å²) in [4.78, 5) is 17.0. The normalized spacial score (nSPS) is 14.9. The number of methoxy groups -OCH3 is 1. The number of carbonyl (C=O) groups excluding carboxylic acids is 1. The van der Waals surface area contributed by atoms with Gasteiger partial charge in [-0.05, 0) is 38.1 Å². The predicted octanol–water partition coefficient (Wildman–Crippen LogP) is 2.59. The molecule has 1 fully saturated rings. The zero-order chi connectivity index (χ0) is 18.6. The van der Waals surface area contributed by atoms with E-state index in [0.29, 0.717) is 10.8 Å². The quantitative estimate of drug-likeness (QED) is 0.702. The van der Waals surface area contributed by atoms with Gasteiger partial charge in [-0.3, -0.25) is 10.1 Å². The molecule has 2 N–H and O–H groups in total. The number of ether oxygens (including phenoxy) is 1. The third kappa shape index (κ3) is 3.83. The number of benzene rings is 1. The minimum atomic E-state index is -0.309. The van der Waals surface area contributed by atoms with Gasteiger partial charge in [0.05, 0.1) is 25.0 Å². The Balaban J connectivity index is 1.46. The van der Waals surface area contributed by atoms with Crippen molar-refractivity contribution in [2.24, 2.45) is 0 Å². The average Bonchev–Trinajstić information content (AvgIpc) is 3.38. The largest absolute Gasteiger partial charge is 0.496 e. The van der Waals surface area contributed by atoms with Gasteiger partial charge in [-0.1, -0.05) is 17.3 Å². The number of amides is 1. The Bertz CT molecular complexity index is 931. The molecule has 4 rings (SSSR count). The number of para-hydroxylation sites is 1. The summed E-state index contributed by atoms with van der Waals surface area (Å²) in [5.74, 6) is 0.432. The smallest absolute Gasteiger partial charge is 0.279 e. The molecule has 0 atom stereocenters. The standard InChI is InChI=1S/C18H20N6O2S/c1-26-16-5-3-2-4-13(16)15-11-27-18(20-15)21-17(25)14-10-24(23-22-14)12-6-8-19-9-7-12/h2-5,10-12,19H,6-9H2,1H3,(H,20,21,25). The van der Waals surface area contributed by atoms with E-state index >= 15 is 0 Å². The lowest BCUT2D eigenvalue weighted by Gasteiger charge is -2.21. The lowest BCUT2D eigenvalue weighted by molar-refractivity contribution is 0.102. The predicted molar refractivity (Wildman–Crippen MR) is 103 cm³/mol. The number of nitrogens with zero attached hydrogens (tertiary/aromatic N) is 4. The molecule has 1 aliphatic heterocycles. The van der Waals surface area contributed by atoms with Gasteiger partial charge in [-0.25, -0.2) is 9.67 Å². The zero-order valence-electron chi connectivity index (χ0n) is 14.9. The van der Waals surface area contributed by atoms with Crippen LogP contribution >= 0.6 is 11.3 Å². The Morgan fingerprint density at radius 3 is 2.96 bits per heavy atom. The first-order valence-electron chi connectivity index (χ1n) is 8.77. The second-order valence-electron chi connectivity index (χ2n) is 6.26. The van der Waals surface area contributed by atoms with Crippen LogP contribution in [0.4, 0.5) is 5.13 Å². The highest BCUT2D eigenvalue weighted by Crippen LogP contribution is 2.32. The summed E-state index contributed by atoms with van der Waals surface area (Å²) in [6.45, 7) is 1.91. The molecule has 9 heteroatoms. The molecule has 3 aromatic rings. The fourth-order valence-electron chi connectivity index (χ4n) is 3.10. The maximum atomic E-state index is 12.5. The summed E-state index contributed by atoms with van der Waals surface area (Å²) in [6, 6.07) is 7.94. The van der Waals surface area contributed by atoms with Gasteiger partial charge >= 0.3 is 0 Å². The van der Waals surface area contributed by atoms with Crippen LogP contribution in [0.25, 0.3) is 11.3 Å². The van der Waals surface area contributed by atoms with Crippen LogP contribution in [0.5, 0.6) is 5.75 Å². The Kier molecular flexibility index (Phi) is 5.12.